The van der Waals surface area contributed by atoms with Gasteiger partial charge in [0.1, 0.15) is 5.82 Å². The lowest BCUT2D eigenvalue weighted by atomic mass is 10.1. The van der Waals surface area contributed by atoms with Crippen molar-refractivity contribution in [3.8, 4) is 0 Å². The normalized spacial score (nSPS) is 11.2. The number of hydrogen-bond donors (Lipinski definition) is 2. The van der Waals surface area contributed by atoms with Crippen molar-refractivity contribution in [3.63, 3.8) is 0 Å². The summed E-state index contributed by atoms with van der Waals surface area (Å²) in [5, 5.41) is 6.46. The lowest BCUT2D eigenvalue weighted by Gasteiger charge is -2.11. The van der Waals surface area contributed by atoms with E-state index in [9.17, 15) is 9.18 Å². The Bertz CT molecular complexity index is 535. The molecule has 0 saturated carbocycles. The number of hydrogen-bond acceptors (Lipinski definition) is 3. The lowest BCUT2D eigenvalue weighted by Crippen LogP contribution is -2.37. The molecule has 0 fully saturated rings. The first-order valence-corrected chi connectivity index (χ1v) is 9.08. The second kappa shape index (κ2) is 13.2. The highest BCUT2D eigenvalue weighted by atomic mass is 19.1. The molecule has 1 rings (SSSR count). The van der Waals surface area contributed by atoms with Gasteiger partial charge in [0.25, 0.3) is 0 Å². The fourth-order valence-electron chi connectivity index (χ4n) is 2.34. The van der Waals surface area contributed by atoms with Gasteiger partial charge < -0.3 is 15.4 Å². The van der Waals surface area contributed by atoms with Gasteiger partial charge in [0.15, 0.2) is 5.96 Å². The Labute approximate surface area is 150 Å². The molecular formula is C19H30FN3O2. The molecule has 0 atom stereocenters. The van der Waals surface area contributed by atoms with Crippen LogP contribution in [0.25, 0.3) is 0 Å². The van der Waals surface area contributed by atoms with Crippen LogP contribution in [-0.2, 0) is 16.1 Å². The Morgan fingerprint density at radius 2 is 1.96 bits per heavy atom. The maximum atomic E-state index is 13.2. The Kier molecular flexibility index (Phi) is 11.1. The lowest BCUT2D eigenvalue weighted by molar-refractivity contribution is -0.143. The van der Waals surface area contributed by atoms with Crippen molar-refractivity contribution in [2.24, 2.45) is 4.99 Å². The highest BCUT2D eigenvalue weighted by Crippen LogP contribution is 2.05. The van der Waals surface area contributed by atoms with Crippen LogP contribution < -0.4 is 10.6 Å². The predicted octanol–water partition coefficient (Wildman–Crippen LogP) is 3.39. The van der Waals surface area contributed by atoms with Gasteiger partial charge in [-0.3, -0.25) is 4.79 Å². The number of rotatable bonds is 11. The van der Waals surface area contributed by atoms with Gasteiger partial charge in [0.2, 0.25) is 0 Å². The Morgan fingerprint density at radius 1 is 1.16 bits per heavy atom. The van der Waals surface area contributed by atoms with E-state index in [4.69, 9.17) is 4.74 Å². The SMILES string of the molecule is CCNC(=NCc1cccc(F)c1)NCCCCCCC(=O)OCC. The van der Waals surface area contributed by atoms with Crippen molar-refractivity contribution in [3.05, 3.63) is 35.6 Å². The smallest absolute Gasteiger partial charge is 0.305 e. The molecule has 2 N–H and O–H groups in total. The predicted molar refractivity (Wildman–Crippen MR) is 98.9 cm³/mol. The maximum absolute atomic E-state index is 13.2. The fraction of sp³-hybridized carbons (Fsp3) is 0.579. The first-order valence-electron chi connectivity index (χ1n) is 9.08. The van der Waals surface area contributed by atoms with Gasteiger partial charge in [0.05, 0.1) is 13.2 Å². The molecule has 5 nitrogen and oxygen atoms in total. The average molecular weight is 351 g/mol. The van der Waals surface area contributed by atoms with Crippen LogP contribution in [0, 0.1) is 5.82 Å². The number of nitrogens with zero attached hydrogens (tertiary/aromatic N) is 1. The third-order valence-electron chi connectivity index (χ3n) is 3.56. The molecule has 0 unspecified atom stereocenters. The van der Waals surface area contributed by atoms with Crippen LogP contribution in [-0.4, -0.2) is 31.6 Å². The molecule has 0 radical (unpaired) electrons. The molecule has 0 aliphatic rings. The van der Waals surface area contributed by atoms with E-state index in [-0.39, 0.29) is 11.8 Å². The van der Waals surface area contributed by atoms with E-state index >= 15 is 0 Å². The van der Waals surface area contributed by atoms with E-state index in [1.807, 2.05) is 19.9 Å². The summed E-state index contributed by atoms with van der Waals surface area (Å²) in [4.78, 5) is 15.7. The summed E-state index contributed by atoms with van der Waals surface area (Å²) in [6.07, 6.45) is 4.44. The van der Waals surface area contributed by atoms with Crippen LogP contribution in [0.1, 0.15) is 51.5 Å². The van der Waals surface area contributed by atoms with Crippen molar-refractivity contribution >= 4 is 11.9 Å². The molecule has 25 heavy (non-hydrogen) atoms. The zero-order valence-corrected chi connectivity index (χ0v) is 15.3. The second-order valence-corrected chi connectivity index (χ2v) is 5.72. The molecule has 0 heterocycles. The quantitative estimate of drug-likeness (QED) is 0.278. The zero-order chi connectivity index (χ0) is 18.3. The molecular weight excluding hydrogens is 321 g/mol. The van der Waals surface area contributed by atoms with Crippen LogP contribution >= 0.6 is 0 Å². The van der Waals surface area contributed by atoms with Crippen LogP contribution in [0.5, 0.6) is 0 Å². The van der Waals surface area contributed by atoms with Gasteiger partial charge in [-0.15, -0.1) is 0 Å². The average Bonchev–Trinajstić information content (AvgIpc) is 2.59. The van der Waals surface area contributed by atoms with Gasteiger partial charge in [-0.25, -0.2) is 9.38 Å². The Balaban J connectivity index is 2.22. The number of carbonyl (C=O) groups is 1. The summed E-state index contributed by atoms with van der Waals surface area (Å²) < 4.78 is 18.1. The molecule has 0 aliphatic heterocycles. The first kappa shape index (κ1) is 20.9. The highest BCUT2D eigenvalue weighted by molar-refractivity contribution is 5.79. The van der Waals surface area contributed by atoms with Crippen LogP contribution in [0.4, 0.5) is 4.39 Å². The van der Waals surface area contributed by atoms with E-state index < -0.39 is 0 Å². The van der Waals surface area contributed by atoms with Gasteiger partial charge in [0, 0.05) is 19.5 Å². The third-order valence-corrected chi connectivity index (χ3v) is 3.56. The molecule has 140 valence electrons. The maximum Gasteiger partial charge on any atom is 0.305 e. The summed E-state index contributed by atoms with van der Waals surface area (Å²) in [6.45, 7) is 6.30. The highest BCUT2D eigenvalue weighted by Gasteiger charge is 2.01. The van der Waals surface area contributed by atoms with Crippen LogP contribution in [0.15, 0.2) is 29.3 Å². The monoisotopic (exact) mass is 351 g/mol. The molecule has 1 aromatic carbocycles. The number of carbonyl (C=O) groups excluding carboxylic acids is 1. The first-order chi connectivity index (χ1) is 12.2. The Morgan fingerprint density at radius 3 is 2.68 bits per heavy atom. The largest absolute Gasteiger partial charge is 0.466 e. The summed E-state index contributed by atoms with van der Waals surface area (Å²) >= 11 is 0. The number of halogens is 1. The molecule has 0 aromatic heterocycles. The standard InChI is InChI=1S/C19H30FN3O2/c1-3-21-19(23-15-16-10-9-11-17(20)14-16)22-13-8-6-5-7-12-18(24)25-4-2/h9-11,14H,3-8,12-13,15H2,1-2H3,(H2,21,22,23). The van der Waals surface area contributed by atoms with Crippen LogP contribution in [0.2, 0.25) is 0 Å². The van der Waals surface area contributed by atoms with E-state index in [0.29, 0.717) is 19.6 Å². The summed E-state index contributed by atoms with van der Waals surface area (Å²) in [5.74, 6) is 0.381. The zero-order valence-electron chi connectivity index (χ0n) is 15.3. The number of unbranched alkanes of at least 4 members (excludes halogenated alkanes) is 3. The number of aliphatic imine (C=N–C) groups is 1. The van der Waals surface area contributed by atoms with E-state index in [2.05, 4.69) is 15.6 Å². The summed E-state index contributed by atoms with van der Waals surface area (Å²) in [5.41, 5.74) is 0.844. The molecule has 0 bridgehead atoms. The number of guanidine groups is 1. The van der Waals surface area contributed by atoms with Gasteiger partial charge >= 0.3 is 5.97 Å². The van der Waals surface area contributed by atoms with E-state index in [0.717, 1.165) is 50.3 Å². The molecule has 6 heteroatoms. The van der Waals surface area contributed by atoms with E-state index in [1.54, 1.807) is 6.07 Å². The molecule has 0 amide bonds. The third kappa shape index (κ3) is 10.4. The summed E-state index contributed by atoms with van der Waals surface area (Å²) in [6, 6.07) is 6.48. The van der Waals surface area contributed by atoms with Crippen molar-refractivity contribution in [2.75, 3.05) is 19.7 Å². The van der Waals surface area contributed by atoms with Crippen molar-refractivity contribution in [1.82, 2.24) is 10.6 Å². The minimum Gasteiger partial charge on any atom is -0.466 e. The van der Waals surface area contributed by atoms with Crippen molar-refractivity contribution in [1.29, 1.82) is 0 Å². The number of ether oxygens (including phenoxy) is 1. The van der Waals surface area contributed by atoms with Gasteiger partial charge in [-0.2, -0.15) is 0 Å². The van der Waals surface area contributed by atoms with Crippen LogP contribution in [0.3, 0.4) is 0 Å². The van der Waals surface area contributed by atoms with Crippen molar-refractivity contribution < 1.29 is 13.9 Å². The fourth-order valence-corrected chi connectivity index (χ4v) is 2.34. The van der Waals surface area contributed by atoms with Gasteiger partial charge in [-0.1, -0.05) is 25.0 Å². The van der Waals surface area contributed by atoms with E-state index in [1.165, 1.54) is 12.1 Å². The second-order valence-electron chi connectivity index (χ2n) is 5.72. The molecule has 0 aliphatic carbocycles. The Hall–Kier alpha value is -2.11. The molecule has 1 aromatic rings. The van der Waals surface area contributed by atoms with Gasteiger partial charge in [-0.05, 0) is 44.4 Å². The number of nitrogens with one attached hydrogen (secondary N) is 2. The minimum atomic E-state index is -0.242. The molecule has 0 spiro atoms. The topological polar surface area (TPSA) is 62.7 Å². The van der Waals surface area contributed by atoms with Crippen molar-refractivity contribution in [2.45, 2.75) is 52.5 Å². The molecule has 0 saturated heterocycles. The number of benzene rings is 1. The number of esters is 1. The summed E-state index contributed by atoms with van der Waals surface area (Å²) in [7, 11) is 0. The minimum absolute atomic E-state index is 0.112.